The van der Waals surface area contributed by atoms with Gasteiger partial charge in [0.05, 0.1) is 0 Å². The molecule has 1 aromatic rings. The van der Waals surface area contributed by atoms with Gasteiger partial charge in [0.15, 0.2) is 0 Å². The summed E-state index contributed by atoms with van der Waals surface area (Å²) in [6.07, 6.45) is 4.47. The van der Waals surface area contributed by atoms with E-state index in [-0.39, 0.29) is 5.91 Å². The Labute approximate surface area is 128 Å². The van der Waals surface area contributed by atoms with Crippen LogP contribution in [0.25, 0.3) is 0 Å². The Bertz CT molecular complexity index is 468. The van der Waals surface area contributed by atoms with E-state index in [9.17, 15) is 4.79 Å². The zero-order valence-electron chi connectivity index (χ0n) is 12.0. The summed E-state index contributed by atoms with van der Waals surface area (Å²) in [6.45, 7) is 3.11. The third kappa shape index (κ3) is 4.21. The number of nitrogens with zero attached hydrogens (tertiary/aromatic N) is 2. The maximum atomic E-state index is 12.0. The van der Waals surface area contributed by atoms with Crippen LogP contribution < -0.4 is 5.32 Å². The van der Waals surface area contributed by atoms with Crippen LogP contribution in [0.1, 0.15) is 43.0 Å². The van der Waals surface area contributed by atoms with Gasteiger partial charge in [-0.3, -0.25) is 4.79 Å². The Morgan fingerprint density at radius 1 is 1.10 bits per heavy atom. The van der Waals surface area contributed by atoms with Crippen molar-refractivity contribution in [2.45, 2.75) is 38.0 Å². The van der Waals surface area contributed by atoms with Gasteiger partial charge in [-0.1, -0.05) is 11.3 Å². The van der Waals surface area contributed by atoms with Crippen molar-refractivity contribution in [1.82, 2.24) is 10.2 Å². The normalized spacial score (nSPS) is 21.3. The van der Waals surface area contributed by atoms with Gasteiger partial charge in [-0.2, -0.15) is 0 Å². The number of rotatable bonds is 4. The molecule has 116 valence electrons. The first-order valence-electron chi connectivity index (χ1n) is 7.60. The van der Waals surface area contributed by atoms with Crippen LogP contribution >= 0.6 is 11.3 Å². The molecule has 3 heterocycles. The second-order valence-corrected chi connectivity index (χ2v) is 6.65. The van der Waals surface area contributed by atoms with Crippen LogP contribution in [0.3, 0.4) is 0 Å². The van der Waals surface area contributed by atoms with Gasteiger partial charge < -0.3 is 14.8 Å². The third-order valence-corrected chi connectivity index (χ3v) is 5.07. The summed E-state index contributed by atoms with van der Waals surface area (Å²) >= 11 is 1.50. The molecule has 0 atom stereocenters. The summed E-state index contributed by atoms with van der Waals surface area (Å²) in [5, 5.41) is 12.8. The molecule has 1 amide bonds. The van der Waals surface area contributed by atoms with Gasteiger partial charge in [0.1, 0.15) is 5.01 Å². The molecule has 0 aliphatic carbocycles. The second kappa shape index (κ2) is 7.29. The molecular formula is C14H21N3O3S. The van der Waals surface area contributed by atoms with Crippen molar-refractivity contribution in [2.24, 2.45) is 5.92 Å². The molecule has 0 spiro atoms. The molecule has 6 nitrogen and oxygen atoms in total. The Hall–Kier alpha value is -1.05. The van der Waals surface area contributed by atoms with Gasteiger partial charge in [-0.15, -0.1) is 10.2 Å². The summed E-state index contributed by atoms with van der Waals surface area (Å²) in [6, 6.07) is 0. The fraction of sp³-hybridized carbons (Fsp3) is 0.786. The van der Waals surface area contributed by atoms with Gasteiger partial charge in [-0.05, 0) is 31.6 Å². The SMILES string of the molecule is O=C(CC1CCOCC1)Nc1nnc(C2CCOCC2)s1. The smallest absolute Gasteiger partial charge is 0.226 e. The van der Waals surface area contributed by atoms with Crippen molar-refractivity contribution >= 4 is 22.4 Å². The summed E-state index contributed by atoms with van der Waals surface area (Å²) in [5.74, 6) is 0.899. The van der Waals surface area contributed by atoms with Crippen molar-refractivity contribution in [3.63, 3.8) is 0 Å². The molecule has 7 heteroatoms. The summed E-state index contributed by atoms with van der Waals surface area (Å²) in [4.78, 5) is 12.0. The monoisotopic (exact) mass is 311 g/mol. The first-order valence-corrected chi connectivity index (χ1v) is 8.41. The molecule has 0 unspecified atom stereocenters. The number of anilines is 1. The van der Waals surface area contributed by atoms with Crippen LogP contribution in [0.2, 0.25) is 0 Å². The average molecular weight is 311 g/mol. The van der Waals surface area contributed by atoms with E-state index in [0.29, 0.717) is 23.4 Å². The van der Waals surface area contributed by atoms with E-state index in [1.807, 2.05) is 0 Å². The number of amides is 1. The minimum Gasteiger partial charge on any atom is -0.381 e. The van der Waals surface area contributed by atoms with Gasteiger partial charge in [0.2, 0.25) is 11.0 Å². The van der Waals surface area contributed by atoms with E-state index in [1.54, 1.807) is 0 Å². The van der Waals surface area contributed by atoms with E-state index in [1.165, 1.54) is 11.3 Å². The summed E-state index contributed by atoms with van der Waals surface area (Å²) in [5.41, 5.74) is 0. The fourth-order valence-corrected chi connectivity index (χ4v) is 3.71. The quantitative estimate of drug-likeness (QED) is 0.922. The van der Waals surface area contributed by atoms with Crippen LogP contribution in [-0.4, -0.2) is 42.5 Å². The number of hydrogen-bond donors (Lipinski definition) is 1. The summed E-state index contributed by atoms with van der Waals surface area (Å²) < 4.78 is 10.7. The van der Waals surface area contributed by atoms with E-state index in [0.717, 1.165) is 57.1 Å². The molecule has 2 fully saturated rings. The molecular weight excluding hydrogens is 290 g/mol. The second-order valence-electron chi connectivity index (χ2n) is 5.64. The minimum absolute atomic E-state index is 0.0385. The Morgan fingerprint density at radius 2 is 1.76 bits per heavy atom. The topological polar surface area (TPSA) is 73.3 Å². The van der Waals surface area contributed by atoms with Crippen LogP contribution in [0, 0.1) is 5.92 Å². The van der Waals surface area contributed by atoms with E-state index in [2.05, 4.69) is 15.5 Å². The minimum atomic E-state index is 0.0385. The van der Waals surface area contributed by atoms with Crippen molar-refractivity contribution in [3.05, 3.63) is 5.01 Å². The van der Waals surface area contributed by atoms with Crippen molar-refractivity contribution < 1.29 is 14.3 Å². The molecule has 0 saturated carbocycles. The molecule has 0 bridgehead atoms. The molecule has 21 heavy (non-hydrogen) atoms. The van der Waals surface area contributed by atoms with Gasteiger partial charge in [0.25, 0.3) is 0 Å². The van der Waals surface area contributed by atoms with Crippen LogP contribution in [0.4, 0.5) is 5.13 Å². The van der Waals surface area contributed by atoms with Crippen molar-refractivity contribution in [3.8, 4) is 0 Å². The molecule has 3 rings (SSSR count). The zero-order valence-corrected chi connectivity index (χ0v) is 12.9. The lowest BCUT2D eigenvalue weighted by molar-refractivity contribution is -0.117. The predicted octanol–water partition coefficient (Wildman–Crippen LogP) is 2.19. The highest BCUT2D eigenvalue weighted by Crippen LogP contribution is 2.31. The largest absolute Gasteiger partial charge is 0.381 e. The molecule has 2 aliphatic heterocycles. The van der Waals surface area contributed by atoms with Crippen LogP contribution in [-0.2, 0) is 14.3 Å². The van der Waals surface area contributed by atoms with E-state index >= 15 is 0 Å². The van der Waals surface area contributed by atoms with Crippen molar-refractivity contribution in [1.29, 1.82) is 0 Å². The molecule has 1 aromatic heterocycles. The lowest BCUT2D eigenvalue weighted by atomic mass is 9.96. The van der Waals surface area contributed by atoms with Gasteiger partial charge >= 0.3 is 0 Å². The fourth-order valence-electron chi connectivity index (χ4n) is 2.78. The lowest BCUT2D eigenvalue weighted by Gasteiger charge is -2.21. The zero-order chi connectivity index (χ0) is 14.5. The number of hydrogen-bond acceptors (Lipinski definition) is 6. The highest BCUT2D eigenvalue weighted by atomic mass is 32.1. The molecule has 0 radical (unpaired) electrons. The molecule has 2 aliphatic rings. The van der Waals surface area contributed by atoms with Crippen molar-refractivity contribution in [2.75, 3.05) is 31.7 Å². The number of carbonyl (C=O) groups excluding carboxylic acids is 1. The Balaban J connectivity index is 1.50. The Morgan fingerprint density at radius 3 is 2.48 bits per heavy atom. The number of carbonyl (C=O) groups is 1. The maximum absolute atomic E-state index is 12.0. The first kappa shape index (κ1) is 14.9. The van der Waals surface area contributed by atoms with E-state index in [4.69, 9.17) is 9.47 Å². The predicted molar refractivity (Wildman–Crippen MR) is 79.5 cm³/mol. The third-order valence-electron chi connectivity index (χ3n) is 4.07. The number of nitrogens with one attached hydrogen (secondary N) is 1. The van der Waals surface area contributed by atoms with Gasteiger partial charge in [0, 0.05) is 38.8 Å². The first-order chi connectivity index (χ1) is 10.3. The summed E-state index contributed by atoms with van der Waals surface area (Å²) in [7, 11) is 0. The van der Waals surface area contributed by atoms with Gasteiger partial charge in [-0.25, -0.2) is 0 Å². The highest BCUT2D eigenvalue weighted by molar-refractivity contribution is 7.15. The van der Waals surface area contributed by atoms with Crippen LogP contribution in [0.15, 0.2) is 0 Å². The Kier molecular flexibility index (Phi) is 5.16. The molecule has 1 N–H and O–H groups in total. The lowest BCUT2D eigenvalue weighted by Crippen LogP contribution is -2.22. The average Bonchev–Trinajstić information content (AvgIpc) is 2.97. The molecule has 0 aromatic carbocycles. The number of aromatic nitrogens is 2. The number of ether oxygens (including phenoxy) is 2. The van der Waals surface area contributed by atoms with E-state index < -0.39 is 0 Å². The highest BCUT2D eigenvalue weighted by Gasteiger charge is 2.22. The standard InChI is InChI=1S/C14H21N3O3S/c18-12(9-10-1-5-19-6-2-10)15-14-17-16-13(21-14)11-3-7-20-8-4-11/h10-11H,1-9H2,(H,15,17,18). The molecule has 2 saturated heterocycles. The maximum Gasteiger partial charge on any atom is 0.226 e. The van der Waals surface area contributed by atoms with Crippen LogP contribution in [0.5, 0.6) is 0 Å².